The molecule has 170 valence electrons. The van der Waals surface area contributed by atoms with Crippen LogP contribution in [0.4, 0.5) is 5.82 Å². The van der Waals surface area contributed by atoms with E-state index in [1.807, 2.05) is 29.3 Å². The minimum Gasteiger partial charge on any atom is -0.353 e. The number of pyridine rings is 1. The number of rotatable bonds is 6. The summed E-state index contributed by atoms with van der Waals surface area (Å²) in [7, 11) is 0. The molecule has 3 saturated heterocycles. The first-order valence-electron chi connectivity index (χ1n) is 12.1. The number of aromatic nitrogens is 1. The highest BCUT2D eigenvalue weighted by molar-refractivity contribution is 5.78. The van der Waals surface area contributed by atoms with E-state index in [-0.39, 0.29) is 11.8 Å². The van der Waals surface area contributed by atoms with Crippen LogP contribution >= 0.6 is 0 Å². The maximum absolute atomic E-state index is 12.8. The Labute approximate surface area is 186 Å². The van der Waals surface area contributed by atoms with Gasteiger partial charge in [0.1, 0.15) is 5.82 Å². The molecule has 4 heterocycles. The van der Waals surface area contributed by atoms with Gasteiger partial charge < -0.3 is 14.7 Å². The molecule has 3 fully saturated rings. The summed E-state index contributed by atoms with van der Waals surface area (Å²) in [5, 5.41) is 0. The van der Waals surface area contributed by atoms with Crippen molar-refractivity contribution in [1.29, 1.82) is 0 Å². The Hall–Kier alpha value is -2.15. The fourth-order valence-corrected chi connectivity index (χ4v) is 5.15. The van der Waals surface area contributed by atoms with Crippen molar-refractivity contribution in [3.8, 4) is 0 Å². The zero-order chi connectivity index (χ0) is 21.5. The van der Waals surface area contributed by atoms with E-state index in [1.165, 1.54) is 19.3 Å². The molecule has 0 N–H and O–H groups in total. The Kier molecular flexibility index (Phi) is 7.78. The van der Waals surface area contributed by atoms with Crippen molar-refractivity contribution in [3.63, 3.8) is 0 Å². The molecule has 7 nitrogen and oxygen atoms in total. The van der Waals surface area contributed by atoms with Crippen molar-refractivity contribution in [3.05, 3.63) is 24.4 Å². The molecule has 3 aliphatic rings. The molecule has 0 unspecified atom stereocenters. The number of hydrogen-bond acceptors (Lipinski definition) is 5. The molecule has 0 bridgehead atoms. The molecule has 0 aromatic carbocycles. The van der Waals surface area contributed by atoms with Gasteiger partial charge in [0, 0.05) is 51.9 Å². The van der Waals surface area contributed by atoms with E-state index in [1.54, 1.807) is 0 Å². The highest BCUT2D eigenvalue weighted by Gasteiger charge is 2.27. The highest BCUT2D eigenvalue weighted by Crippen LogP contribution is 2.22. The van der Waals surface area contributed by atoms with Crippen LogP contribution in [0.25, 0.3) is 0 Å². The Morgan fingerprint density at radius 1 is 0.871 bits per heavy atom. The first-order chi connectivity index (χ1) is 15.2. The van der Waals surface area contributed by atoms with Crippen molar-refractivity contribution in [2.75, 3.05) is 63.8 Å². The Balaban J connectivity index is 1.17. The van der Waals surface area contributed by atoms with Crippen molar-refractivity contribution in [1.82, 2.24) is 19.7 Å². The van der Waals surface area contributed by atoms with Crippen LogP contribution in [0.15, 0.2) is 24.4 Å². The van der Waals surface area contributed by atoms with E-state index in [0.29, 0.717) is 18.9 Å². The molecule has 2 amide bonds. The summed E-state index contributed by atoms with van der Waals surface area (Å²) in [5.41, 5.74) is 0. The van der Waals surface area contributed by atoms with E-state index in [4.69, 9.17) is 0 Å². The molecule has 0 radical (unpaired) electrons. The van der Waals surface area contributed by atoms with Crippen LogP contribution in [0.1, 0.15) is 44.9 Å². The summed E-state index contributed by atoms with van der Waals surface area (Å²) in [4.78, 5) is 38.5. The van der Waals surface area contributed by atoms with Gasteiger partial charge in [-0.3, -0.25) is 14.5 Å². The van der Waals surface area contributed by atoms with Crippen LogP contribution in [0.2, 0.25) is 0 Å². The van der Waals surface area contributed by atoms with Crippen LogP contribution in [-0.4, -0.2) is 90.4 Å². The van der Waals surface area contributed by atoms with E-state index in [2.05, 4.69) is 19.7 Å². The molecule has 31 heavy (non-hydrogen) atoms. The maximum Gasteiger partial charge on any atom is 0.236 e. The minimum atomic E-state index is 0.262. The van der Waals surface area contributed by atoms with Crippen LogP contribution in [0, 0.1) is 5.92 Å². The average Bonchev–Trinajstić information content (AvgIpc) is 2.84. The Bertz CT molecular complexity index is 714. The summed E-state index contributed by atoms with van der Waals surface area (Å²) in [6.45, 7) is 7.61. The summed E-state index contributed by atoms with van der Waals surface area (Å²) in [6, 6.07) is 5.96. The largest absolute Gasteiger partial charge is 0.353 e. The lowest BCUT2D eigenvalue weighted by molar-refractivity contribution is -0.134. The number of anilines is 1. The summed E-state index contributed by atoms with van der Waals surface area (Å²) in [5.74, 6) is 1.99. The van der Waals surface area contributed by atoms with Crippen molar-refractivity contribution < 1.29 is 9.59 Å². The van der Waals surface area contributed by atoms with Gasteiger partial charge in [-0.1, -0.05) is 12.5 Å². The van der Waals surface area contributed by atoms with Crippen molar-refractivity contribution in [2.45, 2.75) is 44.9 Å². The van der Waals surface area contributed by atoms with E-state index in [9.17, 15) is 9.59 Å². The number of carbonyl (C=O) groups excluding carboxylic acids is 2. The standard InChI is InChI=1S/C24H37N5O2/c30-23(28-17-15-27(16-18-28)22-8-2-3-11-25-22)10-9-21-7-6-14-29(19-21)24(31)20-26-12-4-1-5-13-26/h2-3,8,11,21H,1,4-7,9-10,12-20H2/t21-/m1/s1. The third kappa shape index (κ3) is 6.19. The second-order valence-corrected chi connectivity index (χ2v) is 9.28. The highest BCUT2D eigenvalue weighted by atomic mass is 16.2. The summed E-state index contributed by atoms with van der Waals surface area (Å²) >= 11 is 0. The average molecular weight is 428 g/mol. The summed E-state index contributed by atoms with van der Waals surface area (Å²) < 4.78 is 0. The number of hydrogen-bond donors (Lipinski definition) is 0. The third-order valence-electron chi connectivity index (χ3n) is 7.05. The molecule has 0 aliphatic carbocycles. The molecule has 0 saturated carbocycles. The van der Waals surface area contributed by atoms with Gasteiger partial charge in [-0.2, -0.15) is 0 Å². The topological polar surface area (TPSA) is 60.0 Å². The Morgan fingerprint density at radius 2 is 1.68 bits per heavy atom. The molecular weight excluding hydrogens is 390 g/mol. The zero-order valence-electron chi connectivity index (χ0n) is 18.8. The lowest BCUT2D eigenvalue weighted by Gasteiger charge is -2.37. The van der Waals surface area contributed by atoms with Gasteiger partial charge in [0.15, 0.2) is 0 Å². The lowest BCUT2D eigenvalue weighted by Crippen LogP contribution is -2.49. The molecule has 0 spiro atoms. The van der Waals surface area contributed by atoms with E-state index >= 15 is 0 Å². The van der Waals surface area contributed by atoms with Crippen molar-refractivity contribution >= 4 is 17.6 Å². The predicted molar refractivity (Wildman–Crippen MR) is 122 cm³/mol. The molecule has 4 rings (SSSR count). The quantitative estimate of drug-likeness (QED) is 0.697. The van der Waals surface area contributed by atoms with E-state index < -0.39 is 0 Å². The molecule has 1 atom stereocenters. The first-order valence-corrected chi connectivity index (χ1v) is 12.1. The smallest absolute Gasteiger partial charge is 0.236 e. The van der Waals surface area contributed by atoms with E-state index in [0.717, 1.165) is 77.4 Å². The Morgan fingerprint density at radius 3 is 2.42 bits per heavy atom. The number of piperazine rings is 1. The van der Waals surface area contributed by atoms with Gasteiger partial charge >= 0.3 is 0 Å². The second-order valence-electron chi connectivity index (χ2n) is 9.28. The maximum atomic E-state index is 12.8. The minimum absolute atomic E-state index is 0.262. The van der Waals surface area contributed by atoms with Gasteiger partial charge in [-0.05, 0) is 63.2 Å². The molecule has 3 aliphatic heterocycles. The SMILES string of the molecule is O=C(CC[C@H]1CCCN(C(=O)CN2CCCCC2)C1)N1CCN(c2ccccn2)CC1. The van der Waals surface area contributed by atoms with Crippen molar-refractivity contribution in [2.24, 2.45) is 5.92 Å². The monoisotopic (exact) mass is 427 g/mol. The number of amides is 2. The number of carbonyl (C=O) groups is 2. The van der Waals surface area contributed by atoms with Gasteiger partial charge in [-0.15, -0.1) is 0 Å². The van der Waals surface area contributed by atoms with Crippen LogP contribution in [0.5, 0.6) is 0 Å². The number of piperidine rings is 2. The number of nitrogens with zero attached hydrogens (tertiary/aromatic N) is 5. The third-order valence-corrected chi connectivity index (χ3v) is 7.05. The first kappa shape index (κ1) is 22.1. The lowest BCUT2D eigenvalue weighted by atomic mass is 9.93. The molecular formula is C24H37N5O2. The number of likely N-dealkylation sites (tertiary alicyclic amines) is 2. The molecule has 7 heteroatoms. The normalized spacial score (nSPS) is 23.1. The van der Waals surface area contributed by atoms with Crippen LogP contribution in [-0.2, 0) is 9.59 Å². The van der Waals surface area contributed by atoms with Gasteiger partial charge in [0.2, 0.25) is 11.8 Å². The van der Waals surface area contributed by atoms with Gasteiger partial charge in [-0.25, -0.2) is 4.98 Å². The second kappa shape index (κ2) is 10.9. The summed E-state index contributed by atoms with van der Waals surface area (Å²) in [6.07, 6.45) is 9.24. The zero-order valence-corrected chi connectivity index (χ0v) is 18.8. The van der Waals surface area contributed by atoms with Gasteiger partial charge in [0.25, 0.3) is 0 Å². The fourth-order valence-electron chi connectivity index (χ4n) is 5.15. The predicted octanol–water partition coefficient (Wildman–Crippen LogP) is 2.23. The molecule has 1 aromatic heterocycles. The van der Waals surface area contributed by atoms with Crippen LogP contribution < -0.4 is 4.90 Å². The molecule has 1 aromatic rings. The van der Waals surface area contributed by atoms with Crippen LogP contribution in [0.3, 0.4) is 0 Å². The van der Waals surface area contributed by atoms with Gasteiger partial charge in [0.05, 0.1) is 6.54 Å². The fraction of sp³-hybridized carbons (Fsp3) is 0.708.